The topological polar surface area (TPSA) is 57.6 Å². The molecule has 0 radical (unpaired) electrons. The SMILES string of the molecule is CCN(C[C@@H](C)C(=O)O)C(=O)c1cc(C)cc(F)c1. The van der Waals surface area contributed by atoms with E-state index in [-0.39, 0.29) is 18.0 Å². The lowest BCUT2D eigenvalue weighted by Gasteiger charge is -2.23. The highest BCUT2D eigenvalue weighted by Crippen LogP contribution is 2.12. The molecule has 0 saturated carbocycles. The fraction of sp³-hybridized carbons (Fsp3) is 0.429. The molecule has 1 aromatic carbocycles. The molecule has 0 saturated heterocycles. The van der Waals surface area contributed by atoms with Crippen molar-refractivity contribution in [2.45, 2.75) is 20.8 Å². The van der Waals surface area contributed by atoms with Gasteiger partial charge in [0, 0.05) is 18.7 Å². The molecule has 0 heterocycles. The first kappa shape index (κ1) is 15.1. The summed E-state index contributed by atoms with van der Waals surface area (Å²) in [5, 5.41) is 8.87. The highest BCUT2D eigenvalue weighted by atomic mass is 19.1. The predicted molar refractivity (Wildman–Crippen MR) is 69.5 cm³/mol. The van der Waals surface area contributed by atoms with E-state index >= 15 is 0 Å². The van der Waals surface area contributed by atoms with Gasteiger partial charge in [-0.05, 0) is 37.6 Å². The quantitative estimate of drug-likeness (QED) is 0.890. The Balaban J connectivity index is 2.92. The summed E-state index contributed by atoms with van der Waals surface area (Å²) in [6, 6.07) is 4.11. The zero-order valence-electron chi connectivity index (χ0n) is 11.3. The van der Waals surface area contributed by atoms with Crippen LogP contribution in [-0.2, 0) is 4.79 Å². The van der Waals surface area contributed by atoms with E-state index in [1.807, 2.05) is 0 Å². The van der Waals surface area contributed by atoms with Crippen LogP contribution in [0.5, 0.6) is 0 Å². The minimum atomic E-state index is -0.957. The number of carbonyl (C=O) groups excluding carboxylic acids is 1. The highest BCUT2D eigenvalue weighted by molar-refractivity contribution is 5.94. The minimum Gasteiger partial charge on any atom is -0.481 e. The maximum atomic E-state index is 13.3. The average Bonchev–Trinajstić information content (AvgIpc) is 2.33. The predicted octanol–water partition coefficient (Wildman–Crippen LogP) is 2.32. The molecule has 0 aromatic heterocycles. The monoisotopic (exact) mass is 267 g/mol. The van der Waals surface area contributed by atoms with Gasteiger partial charge in [-0.2, -0.15) is 0 Å². The van der Waals surface area contributed by atoms with E-state index in [0.29, 0.717) is 12.1 Å². The molecule has 4 nitrogen and oxygen atoms in total. The normalized spacial score (nSPS) is 12.0. The van der Waals surface area contributed by atoms with Gasteiger partial charge in [0.2, 0.25) is 0 Å². The molecule has 1 aromatic rings. The number of carbonyl (C=O) groups is 2. The van der Waals surface area contributed by atoms with E-state index < -0.39 is 17.7 Å². The van der Waals surface area contributed by atoms with Gasteiger partial charge in [-0.1, -0.05) is 6.92 Å². The summed E-state index contributed by atoms with van der Waals surface area (Å²) >= 11 is 0. The van der Waals surface area contributed by atoms with Crippen LogP contribution in [0.1, 0.15) is 29.8 Å². The van der Waals surface area contributed by atoms with Crippen molar-refractivity contribution in [3.05, 3.63) is 35.1 Å². The molecule has 1 rings (SSSR count). The van der Waals surface area contributed by atoms with E-state index in [0.717, 1.165) is 0 Å². The van der Waals surface area contributed by atoms with Crippen molar-refractivity contribution in [3.8, 4) is 0 Å². The first-order valence-corrected chi connectivity index (χ1v) is 6.14. The van der Waals surface area contributed by atoms with Crippen molar-refractivity contribution in [2.75, 3.05) is 13.1 Å². The Morgan fingerprint density at radius 3 is 2.47 bits per heavy atom. The number of benzene rings is 1. The number of aliphatic carboxylic acids is 1. The fourth-order valence-electron chi connectivity index (χ4n) is 1.81. The summed E-state index contributed by atoms with van der Waals surface area (Å²) in [6.45, 7) is 5.50. The Hall–Kier alpha value is -1.91. The van der Waals surface area contributed by atoms with Crippen LogP contribution in [0.15, 0.2) is 18.2 Å². The molecule has 0 aliphatic heterocycles. The largest absolute Gasteiger partial charge is 0.481 e. The number of nitrogens with zero attached hydrogens (tertiary/aromatic N) is 1. The Labute approximate surface area is 111 Å². The lowest BCUT2D eigenvalue weighted by Crippen LogP contribution is -2.36. The average molecular weight is 267 g/mol. The van der Waals surface area contributed by atoms with E-state index in [1.165, 1.54) is 24.0 Å². The second kappa shape index (κ2) is 6.31. The summed E-state index contributed by atoms with van der Waals surface area (Å²) in [5.74, 6) is -2.43. The maximum absolute atomic E-state index is 13.3. The van der Waals surface area contributed by atoms with Gasteiger partial charge < -0.3 is 10.0 Å². The number of carboxylic acid groups (broad SMARTS) is 1. The van der Waals surface area contributed by atoms with Crippen molar-refractivity contribution in [3.63, 3.8) is 0 Å². The van der Waals surface area contributed by atoms with Gasteiger partial charge in [-0.3, -0.25) is 9.59 Å². The Morgan fingerprint density at radius 2 is 2.00 bits per heavy atom. The first-order chi connectivity index (χ1) is 8.85. The Kier molecular flexibility index (Phi) is 5.03. The maximum Gasteiger partial charge on any atom is 0.308 e. The third kappa shape index (κ3) is 4.05. The summed E-state index contributed by atoms with van der Waals surface area (Å²) in [5.41, 5.74) is 0.905. The molecule has 0 spiro atoms. The van der Waals surface area contributed by atoms with Crippen LogP contribution in [0.3, 0.4) is 0 Å². The first-order valence-electron chi connectivity index (χ1n) is 6.14. The number of hydrogen-bond acceptors (Lipinski definition) is 2. The second-order valence-electron chi connectivity index (χ2n) is 4.60. The molecule has 104 valence electrons. The smallest absolute Gasteiger partial charge is 0.308 e. The van der Waals surface area contributed by atoms with Gasteiger partial charge in [0.05, 0.1) is 5.92 Å². The van der Waals surface area contributed by atoms with Crippen molar-refractivity contribution in [2.24, 2.45) is 5.92 Å². The van der Waals surface area contributed by atoms with Gasteiger partial charge in [-0.15, -0.1) is 0 Å². The van der Waals surface area contributed by atoms with Crippen LogP contribution in [0.4, 0.5) is 4.39 Å². The lowest BCUT2D eigenvalue weighted by atomic mass is 10.1. The van der Waals surface area contributed by atoms with Gasteiger partial charge in [0.15, 0.2) is 0 Å². The molecule has 1 atom stereocenters. The fourth-order valence-corrected chi connectivity index (χ4v) is 1.81. The third-order valence-electron chi connectivity index (χ3n) is 2.87. The zero-order chi connectivity index (χ0) is 14.6. The highest BCUT2D eigenvalue weighted by Gasteiger charge is 2.20. The standard InChI is InChI=1S/C14H18FNO3/c1-4-16(8-10(3)14(18)19)13(17)11-5-9(2)6-12(15)7-11/h5-7,10H,4,8H2,1-3H3,(H,18,19)/t10-/m1/s1. The van der Waals surface area contributed by atoms with Gasteiger partial charge >= 0.3 is 5.97 Å². The molecule has 0 aliphatic carbocycles. The number of aryl methyl sites for hydroxylation is 1. The van der Waals surface area contributed by atoms with Crippen molar-refractivity contribution >= 4 is 11.9 Å². The number of carboxylic acids is 1. The summed E-state index contributed by atoms with van der Waals surface area (Å²) in [4.78, 5) is 24.4. The van der Waals surface area contributed by atoms with Crippen LogP contribution >= 0.6 is 0 Å². The lowest BCUT2D eigenvalue weighted by molar-refractivity contribution is -0.141. The minimum absolute atomic E-state index is 0.111. The van der Waals surface area contributed by atoms with Crippen LogP contribution < -0.4 is 0 Å². The molecule has 0 unspecified atom stereocenters. The van der Waals surface area contributed by atoms with Gasteiger partial charge in [0.1, 0.15) is 5.82 Å². The molecular weight excluding hydrogens is 249 g/mol. The molecule has 1 N–H and O–H groups in total. The summed E-state index contributed by atoms with van der Waals surface area (Å²) < 4.78 is 13.3. The number of hydrogen-bond donors (Lipinski definition) is 1. The zero-order valence-corrected chi connectivity index (χ0v) is 11.3. The van der Waals surface area contributed by atoms with Crippen molar-refractivity contribution in [1.82, 2.24) is 4.90 Å². The Bertz CT molecular complexity index is 467. The molecule has 1 amide bonds. The summed E-state index contributed by atoms with van der Waals surface area (Å²) in [6.07, 6.45) is 0. The van der Waals surface area contributed by atoms with Crippen LogP contribution in [0.2, 0.25) is 0 Å². The van der Waals surface area contributed by atoms with E-state index in [1.54, 1.807) is 19.9 Å². The van der Waals surface area contributed by atoms with Crippen LogP contribution in [0, 0.1) is 18.7 Å². The number of rotatable bonds is 5. The van der Waals surface area contributed by atoms with E-state index in [4.69, 9.17) is 5.11 Å². The molecule has 0 aliphatic rings. The second-order valence-corrected chi connectivity index (χ2v) is 4.60. The Morgan fingerprint density at radius 1 is 1.37 bits per heavy atom. The van der Waals surface area contributed by atoms with Gasteiger partial charge in [0.25, 0.3) is 5.91 Å². The molecule has 0 fully saturated rings. The third-order valence-corrected chi connectivity index (χ3v) is 2.87. The summed E-state index contributed by atoms with van der Waals surface area (Å²) in [7, 11) is 0. The van der Waals surface area contributed by atoms with Crippen LogP contribution in [0.25, 0.3) is 0 Å². The number of amides is 1. The van der Waals surface area contributed by atoms with Crippen molar-refractivity contribution < 1.29 is 19.1 Å². The van der Waals surface area contributed by atoms with E-state index in [9.17, 15) is 14.0 Å². The van der Waals surface area contributed by atoms with Crippen molar-refractivity contribution in [1.29, 1.82) is 0 Å². The molecular formula is C14H18FNO3. The molecule has 5 heteroatoms. The molecule has 0 bridgehead atoms. The molecule has 19 heavy (non-hydrogen) atoms. The van der Waals surface area contributed by atoms with E-state index in [2.05, 4.69) is 0 Å². The van der Waals surface area contributed by atoms with Crippen LogP contribution in [-0.4, -0.2) is 35.0 Å². The number of halogens is 1. The van der Waals surface area contributed by atoms with Gasteiger partial charge in [-0.25, -0.2) is 4.39 Å².